The standard InChI is InChI=1S/C13H15N3O2S/c1-15(2)10(17)6-16-7-14-12-11(13(16)18)8-4-3-5-9(8)19-12/h7H,3-6H2,1-2H3. The molecule has 0 aliphatic heterocycles. The maximum absolute atomic E-state index is 12.5. The number of carbonyl (C=O) groups excluding carboxylic acids is 1. The lowest BCUT2D eigenvalue weighted by atomic mass is 10.2. The van der Waals surface area contributed by atoms with Crippen molar-refractivity contribution >= 4 is 27.5 Å². The number of likely N-dealkylation sites (N-methyl/N-ethyl adjacent to an activating group) is 1. The third-order valence-corrected chi connectivity index (χ3v) is 4.70. The van der Waals surface area contributed by atoms with Crippen LogP contribution in [0.5, 0.6) is 0 Å². The highest BCUT2D eigenvalue weighted by molar-refractivity contribution is 7.18. The first-order chi connectivity index (χ1) is 9.08. The van der Waals surface area contributed by atoms with Crippen molar-refractivity contribution in [2.45, 2.75) is 25.8 Å². The van der Waals surface area contributed by atoms with Crippen molar-refractivity contribution < 1.29 is 4.79 Å². The number of aryl methyl sites for hydroxylation is 2. The molecule has 2 aromatic heterocycles. The van der Waals surface area contributed by atoms with E-state index < -0.39 is 0 Å². The summed E-state index contributed by atoms with van der Waals surface area (Å²) in [6.07, 6.45) is 4.60. The van der Waals surface area contributed by atoms with E-state index in [4.69, 9.17) is 0 Å². The van der Waals surface area contributed by atoms with Crippen molar-refractivity contribution in [1.29, 1.82) is 0 Å². The molecule has 1 amide bonds. The second kappa shape index (κ2) is 4.45. The van der Waals surface area contributed by atoms with E-state index in [-0.39, 0.29) is 18.0 Å². The Morgan fingerprint density at radius 3 is 3.00 bits per heavy atom. The van der Waals surface area contributed by atoms with Gasteiger partial charge in [0.25, 0.3) is 5.56 Å². The SMILES string of the molecule is CN(C)C(=O)Cn1cnc2sc3c(c2c1=O)CCC3. The van der Waals surface area contributed by atoms with Crippen molar-refractivity contribution in [3.05, 3.63) is 27.1 Å². The van der Waals surface area contributed by atoms with Crippen molar-refractivity contribution in [2.24, 2.45) is 0 Å². The first-order valence-electron chi connectivity index (χ1n) is 6.28. The van der Waals surface area contributed by atoms with Gasteiger partial charge in [-0.05, 0) is 24.8 Å². The van der Waals surface area contributed by atoms with E-state index in [2.05, 4.69) is 4.98 Å². The van der Waals surface area contributed by atoms with Crippen molar-refractivity contribution in [1.82, 2.24) is 14.5 Å². The molecule has 1 aliphatic rings. The molecule has 0 spiro atoms. The van der Waals surface area contributed by atoms with Crippen LogP contribution in [-0.2, 0) is 24.2 Å². The van der Waals surface area contributed by atoms with Crippen LogP contribution >= 0.6 is 11.3 Å². The number of amides is 1. The fourth-order valence-corrected chi connectivity index (χ4v) is 3.64. The van der Waals surface area contributed by atoms with Crippen molar-refractivity contribution in [3.63, 3.8) is 0 Å². The first-order valence-corrected chi connectivity index (χ1v) is 7.09. The molecule has 0 saturated heterocycles. The van der Waals surface area contributed by atoms with Crippen LogP contribution in [0.15, 0.2) is 11.1 Å². The van der Waals surface area contributed by atoms with Gasteiger partial charge in [0.05, 0.1) is 11.7 Å². The molecule has 0 fully saturated rings. The van der Waals surface area contributed by atoms with Gasteiger partial charge >= 0.3 is 0 Å². The summed E-state index contributed by atoms with van der Waals surface area (Å²) in [5.74, 6) is -0.102. The van der Waals surface area contributed by atoms with Crippen LogP contribution < -0.4 is 5.56 Å². The van der Waals surface area contributed by atoms with Crippen molar-refractivity contribution in [3.8, 4) is 0 Å². The third-order valence-electron chi connectivity index (χ3n) is 3.50. The molecule has 6 heteroatoms. The highest BCUT2D eigenvalue weighted by atomic mass is 32.1. The molecule has 0 saturated carbocycles. The predicted molar refractivity (Wildman–Crippen MR) is 74.6 cm³/mol. The number of carbonyl (C=O) groups is 1. The van der Waals surface area contributed by atoms with Gasteiger partial charge in [-0.2, -0.15) is 0 Å². The van der Waals surface area contributed by atoms with Gasteiger partial charge in [-0.25, -0.2) is 4.98 Å². The van der Waals surface area contributed by atoms with E-state index in [1.165, 1.54) is 20.7 Å². The normalized spacial score (nSPS) is 13.8. The Morgan fingerprint density at radius 1 is 1.47 bits per heavy atom. The minimum absolute atomic E-state index is 0.0550. The molecule has 0 bridgehead atoms. The third kappa shape index (κ3) is 1.96. The Kier molecular flexibility index (Phi) is 2.89. The van der Waals surface area contributed by atoms with E-state index in [9.17, 15) is 9.59 Å². The summed E-state index contributed by atoms with van der Waals surface area (Å²) in [6, 6.07) is 0. The Labute approximate surface area is 114 Å². The number of aromatic nitrogens is 2. The van der Waals surface area contributed by atoms with E-state index in [1.54, 1.807) is 25.4 Å². The summed E-state index contributed by atoms with van der Waals surface area (Å²) >= 11 is 1.61. The van der Waals surface area contributed by atoms with Gasteiger partial charge < -0.3 is 4.90 Å². The molecule has 100 valence electrons. The summed E-state index contributed by atoms with van der Waals surface area (Å²) in [6.45, 7) is 0.0550. The molecule has 0 radical (unpaired) electrons. The predicted octanol–water partition coefficient (Wildman–Crippen LogP) is 1.03. The van der Waals surface area contributed by atoms with Gasteiger partial charge in [0.15, 0.2) is 0 Å². The lowest BCUT2D eigenvalue weighted by Gasteiger charge is -2.11. The van der Waals surface area contributed by atoms with E-state index in [0.29, 0.717) is 0 Å². The number of fused-ring (bicyclic) bond motifs is 3. The van der Waals surface area contributed by atoms with Crippen LogP contribution in [0.4, 0.5) is 0 Å². The molecule has 5 nitrogen and oxygen atoms in total. The minimum Gasteiger partial charge on any atom is -0.347 e. The van der Waals surface area contributed by atoms with Crippen LogP contribution in [0.25, 0.3) is 10.2 Å². The Morgan fingerprint density at radius 2 is 2.26 bits per heavy atom. The fourth-order valence-electron chi connectivity index (χ4n) is 2.42. The Balaban J connectivity index is 2.10. The molecule has 0 atom stereocenters. The molecule has 2 heterocycles. The van der Waals surface area contributed by atoms with Crippen LogP contribution in [-0.4, -0.2) is 34.5 Å². The largest absolute Gasteiger partial charge is 0.347 e. The highest BCUT2D eigenvalue weighted by Crippen LogP contribution is 2.34. The maximum Gasteiger partial charge on any atom is 0.262 e. The average Bonchev–Trinajstić information content (AvgIpc) is 2.92. The number of nitrogens with zero attached hydrogens (tertiary/aromatic N) is 3. The fraction of sp³-hybridized carbons (Fsp3) is 0.462. The summed E-state index contributed by atoms with van der Waals surface area (Å²) in [7, 11) is 3.36. The Bertz CT molecular complexity index is 714. The molecule has 0 N–H and O–H groups in total. The second-order valence-corrected chi connectivity index (χ2v) is 6.09. The van der Waals surface area contributed by atoms with Gasteiger partial charge in [0, 0.05) is 19.0 Å². The van der Waals surface area contributed by atoms with Gasteiger partial charge in [-0.3, -0.25) is 14.2 Å². The second-order valence-electron chi connectivity index (χ2n) is 5.00. The molecule has 1 aliphatic carbocycles. The van der Waals surface area contributed by atoms with Crippen molar-refractivity contribution in [2.75, 3.05) is 14.1 Å². The molecule has 0 aromatic carbocycles. The van der Waals surface area contributed by atoms with Crippen LogP contribution in [0, 0.1) is 0 Å². The van der Waals surface area contributed by atoms with Gasteiger partial charge in [-0.15, -0.1) is 11.3 Å². The topological polar surface area (TPSA) is 55.2 Å². The zero-order valence-corrected chi connectivity index (χ0v) is 11.8. The highest BCUT2D eigenvalue weighted by Gasteiger charge is 2.21. The zero-order chi connectivity index (χ0) is 13.6. The van der Waals surface area contributed by atoms with E-state index in [0.717, 1.165) is 35.0 Å². The molecular weight excluding hydrogens is 262 g/mol. The quantitative estimate of drug-likeness (QED) is 0.824. The summed E-state index contributed by atoms with van der Waals surface area (Å²) in [4.78, 5) is 32.1. The summed E-state index contributed by atoms with van der Waals surface area (Å²) in [5.41, 5.74) is 1.07. The van der Waals surface area contributed by atoms with Gasteiger partial charge in [-0.1, -0.05) is 0 Å². The smallest absolute Gasteiger partial charge is 0.262 e. The number of thiophene rings is 1. The molecular formula is C13H15N3O2S. The Hall–Kier alpha value is -1.69. The van der Waals surface area contributed by atoms with Gasteiger partial charge in [0.2, 0.25) is 5.91 Å². The first kappa shape index (κ1) is 12.3. The summed E-state index contributed by atoms with van der Waals surface area (Å²) in [5, 5.41) is 0.728. The monoisotopic (exact) mass is 277 g/mol. The lowest BCUT2D eigenvalue weighted by Crippen LogP contribution is -2.31. The average molecular weight is 277 g/mol. The van der Waals surface area contributed by atoms with Crippen LogP contribution in [0.3, 0.4) is 0 Å². The molecule has 2 aromatic rings. The lowest BCUT2D eigenvalue weighted by molar-refractivity contribution is -0.129. The molecule has 19 heavy (non-hydrogen) atoms. The molecule has 3 rings (SSSR count). The van der Waals surface area contributed by atoms with E-state index >= 15 is 0 Å². The number of rotatable bonds is 2. The van der Waals surface area contributed by atoms with Crippen LogP contribution in [0.2, 0.25) is 0 Å². The van der Waals surface area contributed by atoms with Crippen LogP contribution in [0.1, 0.15) is 16.9 Å². The van der Waals surface area contributed by atoms with E-state index in [1.807, 2.05) is 0 Å². The summed E-state index contributed by atoms with van der Waals surface area (Å²) < 4.78 is 1.41. The maximum atomic E-state index is 12.5. The minimum atomic E-state index is -0.102. The number of hydrogen-bond donors (Lipinski definition) is 0. The molecule has 0 unspecified atom stereocenters. The van der Waals surface area contributed by atoms with Gasteiger partial charge in [0.1, 0.15) is 11.4 Å². The number of hydrogen-bond acceptors (Lipinski definition) is 4. The zero-order valence-electron chi connectivity index (χ0n) is 11.0.